The minimum absolute atomic E-state index is 0.0528. The van der Waals surface area contributed by atoms with E-state index in [1.165, 1.54) is 0 Å². The van der Waals surface area contributed by atoms with Gasteiger partial charge in [-0.2, -0.15) is 0 Å². The molecule has 0 aliphatic rings. The molecule has 100 valence electrons. The topological polar surface area (TPSA) is 38.3 Å². The van der Waals surface area contributed by atoms with Crippen molar-refractivity contribution in [2.45, 2.75) is 39.2 Å². The van der Waals surface area contributed by atoms with Crippen LogP contribution in [0.1, 0.15) is 33.6 Å². The van der Waals surface area contributed by atoms with E-state index in [-0.39, 0.29) is 18.1 Å². The zero-order valence-electron chi connectivity index (χ0n) is 11.1. The molecule has 0 bridgehead atoms. The number of benzene rings is 1. The maximum atomic E-state index is 11.8. The summed E-state index contributed by atoms with van der Waals surface area (Å²) in [5.41, 5.74) is -0.139. The highest BCUT2D eigenvalue weighted by Gasteiger charge is 2.21. The normalized spacial score (nSPS) is 11.1. The highest BCUT2D eigenvalue weighted by Crippen LogP contribution is 2.16. The molecule has 1 aromatic rings. The van der Waals surface area contributed by atoms with Crippen LogP contribution in [0.5, 0.6) is 5.75 Å². The van der Waals surface area contributed by atoms with Crippen LogP contribution in [-0.2, 0) is 4.79 Å². The maximum Gasteiger partial charge on any atom is 0.258 e. The molecule has 0 radical (unpaired) electrons. The van der Waals surface area contributed by atoms with Crippen LogP contribution in [0, 0.1) is 0 Å². The number of hydrogen-bond donors (Lipinski definition) is 1. The third kappa shape index (κ3) is 4.69. The monoisotopic (exact) mass is 313 g/mol. The summed E-state index contributed by atoms with van der Waals surface area (Å²) in [6.45, 7) is 6.24. The van der Waals surface area contributed by atoms with E-state index in [0.717, 1.165) is 17.3 Å². The zero-order chi connectivity index (χ0) is 13.6. The summed E-state index contributed by atoms with van der Waals surface area (Å²) in [6, 6.07) is 7.43. The Morgan fingerprint density at radius 2 is 1.83 bits per heavy atom. The van der Waals surface area contributed by atoms with Crippen molar-refractivity contribution < 1.29 is 9.53 Å². The summed E-state index contributed by atoms with van der Waals surface area (Å²) in [7, 11) is 0. The summed E-state index contributed by atoms with van der Waals surface area (Å²) in [4.78, 5) is 11.8. The standard InChI is InChI=1S/C14H20BrNO2/c1-4-14(3,5-2)16-13(17)10-18-12-8-6-11(15)7-9-12/h6-9H,4-5,10H2,1-3H3,(H,16,17). The Bertz CT molecular complexity index is 385. The Morgan fingerprint density at radius 3 is 2.33 bits per heavy atom. The van der Waals surface area contributed by atoms with E-state index in [1.54, 1.807) is 0 Å². The molecule has 0 atom stereocenters. The number of rotatable bonds is 6. The van der Waals surface area contributed by atoms with Crippen LogP contribution in [-0.4, -0.2) is 18.1 Å². The molecule has 0 saturated carbocycles. The van der Waals surface area contributed by atoms with Gasteiger partial charge in [0.25, 0.3) is 5.91 Å². The van der Waals surface area contributed by atoms with Gasteiger partial charge in [0, 0.05) is 10.0 Å². The van der Waals surface area contributed by atoms with Crippen molar-refractivity contribution in [1.29, 1.82) is 0 Å². The first-order valence-electron chi connectivity index (χ1n) is 6.18. The molecule has 4 heteroatoms. The average molecular weight is 314 g/mol. The van der Waals surface area contributed by atoms with Crippen LogP contribution in [0.4, 0.5) is 0 Å². The molecular weight excluding hydrogens is 294 g/mol. The maximum absolute atomic E-state index is 11.8. The van der Waals surface area contributed by atoms with Gasteiger partial charge in [-0.05, 0) is 44.0 Å². The molecule has 3 nitrogen and oxygen atoms in total. The van der Waals surface area contributed by atoms with Crippen molar-refractivity contribution in [3.05, 3.63) is 28.7 Å². The molecule has 0 spiro atoms. The van der Waals surface area contributed by atoms with Crippen LogP contribution in [0.3, 0.4) is 0 Å². The summed E-state index contributed by atoms with van der Waals surface area (Å²) in [6.07, 6.45) is 1.82. The van der Waals surface area contributed by atoms with E-state index >= 15 is 0 Å². The number of ether oxygens (including phenoxy) is 1. The fourth-order valence-electron chi connectivity index (χ4n) is 1.48. The molecule has 0 unspecified atom stereocenters. The molecule has 0 saturated heterocycles. The number of halogens is 1. The second-order valence-corrected chi connectivity index (χ2v) is 5.47. The van der Waals surface area contributed by atoms with E-state index in [9.17, 15) is 4.79 Å². The molecule has 1 aromatic carbocycles. The SMILES string of the molecule is CCC(C)(CC)NC(=O)COc1ccc(Br)cc1. The Balaban J connectivity index is 2.44. The van der Waals surface area contributed by atoms with Gasteiger partial charge in [-0.15, -0.1) is 0 Å². The summed E-state index contributed by atoms with van der Waals surface area (Å²) >= 11 is 3.35. The third-order valence-corrected chi connectivity index (χ3v) is 3.71. The molecule has 18 heavy (non-hydrogen) atoms. The van der Waals surface area contributed by atoms with Crippen molar-refractivity contribution in [2.24, 2.45) is 0 Å². The number of hydrogen-bond acceptors (Lipinski definition) is 2. The van der Waals surface area contributed by atoms with Crippen molar-refractivity contribution in [3.8, 4) is 5.75 Å². The van der Waals surface area contributed by atoms with Gasteiger partial charge in [0.2, 0.25) is 0 Å². The third-order valence-electron chi connectivity index (χ3n) is 3.19. The fourth-order valence-corrected chi connectivity index (χ4v) is 1.74. The number of amides is 1. The number of nitrogens with one attached hydrogen (secondary N) is 1. The minimum Gasteiger partial charge on any atom is -0.484 e. The Morgan fingerprint density at radius 1 is 1.28 bits per heavy atom. The molecule has 0 aromatic heterocycles. The van der Waals surface area contributed by atoms with E-state index in [1.807, 2.05) is 31.2 Å². The Hall–Kier alpha value is -1.03. The van der Waals surface area contributed by atoms with Gasteiger partial charge in [-0.3, -0.25) is 4.79 Å². The summed E-state index contributed by atoms with van der Waals surface area (Å²) < 4.78 is 6.41. The van der Waals surface area contributed by atoms with Crippen LogP contribution in [0.15, 0.2) is 28.7 Å². The van der Waals surface area contributed by atoms with Crippen LogP contribution in [0.2, 0.25) is 0 Å². The number of carbonyl (C=O) groups is 1. The van der Waals surface area contributed by atoms with E-state index < -0.39 is 0 Å². The zero-order valence-corrected chi connectivity index (χ0v) is 12.7. The lowest BCUT2D eigenvalue weighted by atomic mass is 9.96. The lowest BCUT2D eigenvalue weighted by molar-refractivity contribution is -0.125. The first-order chi connectivity index (χ1) is 8.49. The second-order valence-electron chi connectivity index (χ2n) is 4.56. The van der Waals surface area contributed by atoms with Gasteiger partial charge >= 0.3 is 0 Å². The van der Waals surface area contributed by atoms with Crippen LogP contribution in [0.25, 0.3) is 0 Å². The van der Waals surface area contributed by atoms with Crippen molar-refractivity contribution >= 4 is 21.8 Å². The molecule has 0 fully saturated rings. The van der Waals surface area contributed by atoms with E-state index in [2.05, 4.69) is 35.1 Å². The lowest BCUT2D eigenvalue weighted by Crippen LogP contribution is -2.46. The lowest BCUT2D eigenvalue weighted by Gasteiger charge is -2.28. The molecule has 1 N–H and O–H groups in total. The smallest absolute Gasteiger partial charge is 0.258 e. The first kappa shape index (κ1) is 15.0. The summed E-state index contributed by atoms with van der Waals surface area (Å²) in [5.74, 6) is 0.618. The largest absolute Gasteiger partial charge is 0.484 e. The Labute approximate surface area is 117 Å². The first-order valence-corrected chi connectivity index (χ1v) is 6.98. The van der Waals surface area contributed by atoms with Crippen molar-refractivity contribution in [1.82, 2.24) is 5.32 Å². The molecular formula is C14H20BrNO2. The molecule has 1 rings (SSSR count). The summed E-state index contributed by atoms with van der Waals surface area (Å²) in [5, 5.41) is 3.00. The van der Waals surface area contributed by atoms with Gasteiger partial charge < -0.3 is 10.1 Å². The average Bonchev–Trinajstić information content (AvgIpc) is 2.38. The van der Waals surface area contributed by atoms with Crippen LogP contribution >= 0.6 is 15.9 Å². The molecule has 0 aliphatic heterocycles. The molecule has 0 aliphatic carbocycles. The minimum atomic E-state index is -0.139. The van der Waals surface area contributed by atoms with Gasteiger partial charge in [-0.1, -0.05) is 29.8 Å². The quantitative estimate of drug-likeness (QED) is 0.872. The highest BCUT2D eigenvalue weighted by molar-refractivity contribution is 9.10. The Kier molecular flexibility index (Phi) is 5.66. The predicted octanol–water partition coefficient (Wildman–Crippen LogP) is 3.52. The predicted molar refractivity (Wildman–Crippen MR) is 76.8 cm³/mol. The van der Waals surface area contributed by atoms with Gasteiger partial charge in [-0.25, -0.2) is 0 Å². The van der Waals surface area contributed by atoms with E-state index in [4.69, 9.17) is 4.74 Å². The highest BCUT2D eigenvalue weighted by atomic mass is 79.9. The molecule has 1 amide bonds. The fraction of sp³-hybridized carbons (Fsp3) is 0.500. The molecule has 0 heterocycles. The second kappa shape index (κ2) is 6.78. The van der Waals surface area contributed by atoms with Gasteiger partial charge in [0.1, 0.15) is 5.75 Å². The van der Waals surface area contributed by atoms with E-state index in [0.29, 0.717) is 5.75 Å². The van der Waals surface area contributed by atoms with Gasteiger partial charge in [0.05, 0.1) is 0 Å². The van der Waals surface area contributed by atoms with Crippen molar-refractivity contribution in [3.63, 3.8) is 0 Å². The number of carbonyl (C=O) groups excluding carboxylic acids is 1. The van der Waals surface area contributed by atoms with Crippen molar-refractivity contribution in [2.75, 3.05) is 6.61 Å². The van der Waals surface area contributed by atoms with Crippen LogP contribution < -0.4 is 10.1 Å². The van der Waals surface area contributed by atoms with Gasteiger partial charge in [0.15, 0.2) is 6.61 Å².